The van der Waals surface area contributed by atoms with Crippen LogP contribution in [0, 0.1) is 35.5 Å². The van der Waals surface area contributed by atoms with E-state index >= 15 is 0 Å². The Morgan fingerprint density at radius 2 is 0.662 bits per heavy atom. The van der Waals surface area contributed by atoms with E-state index in [0.717, 1.165) is 87.0 Å². The number of fused-ring (bicyclic) bond motifs is 6. The van der Waals surface area contributed by atoms with Gasteiger partial charge in [-0.25, -0.2) is 0 Å². The number of allylic oxidation sites excluding steroid dienone is 4. The molecule has 9 saturated heterocycles. The summed E-state index contributed by atoms with van der Waals surface area (Å²) in [6, 6.07) is 4.16. The van der Waals surface area contributed by atoms with Crippen molar-refractivity contribution in [3.05, 3.63) is 49.1 Å². The number of piperidine rings is 2. The lowest BCUT2D eigenvalue weighted by molar-refractivity contribution is -0.141. The Kier molecular flexibility index (Phi) is 31.7. The van der Waals surface area contributed by atoms with Crippen molar-refractivity contribution < 1.29 is 19.1 Å². The van der Waals surface area contributed by atoms with Gasteiger partial charge in [-0.2, -0.15) is 0 Å². The Hall–Kier alpha value is -2.98. The van der Waals surface area contributed by atoms with Crippen molar-refractivity contribution in [1.82, 2.24) is 29.4 Å². The minimum atomic E-state index is 0. The fraction of sp³-hybridized carbons (Fsp3) is 0.851. The van der Waals surface area contributed by atoms with Crippen molar-refractivity contribution in [3.63, 3.8) is 0 Å². The third-order valence-electron chi connectivity index (χ3n) is 16.9. The molecule has 0 aromatic rings. The first-order valence-electron chi connectivity index (χ1n) is 31.7. The maximum absolute atomic E-state index is 11.9. The summed E-state index contributed by atoms with van der Waals surface area (Å²) in [6.45, 7) is 52.7. The van der Waals surface area contributed by atoms with Gasteiger partial charge < -0.3 is 38.9 Å². The predicted octanol–water partition coefficient (Wildman–Crippen LogP) is 15.4. The molecule has 10 heteroatoms. The largest absolute Gasteiger partial charge is 0.378 e. The van der Waals surface area contributed by atoms with Gasteiger partial charge in [-0.1, -0.05) is 117 Å². The first kappa shape index (κ1) is 68.3. The van der Waals surface area contributed by atoms with E-state index in [1.807, 2.05) is 4.90 Å². The van der Waals surface area contributed by atoms with Gasteiger partial charge in [0.05, 0.1) is 38.5 Å². The van der Waals surface area contributed by atoms with Gasteiger partial charge in [0.2, 0.25) is 11.8 Å². The Labute approximate surface area is 476 Å². The molecule has 0 radical (unpaired) electrons. The lowest BCUT2D eigenvalue weighted by atomic mass is 9.99. The summed E-state index contributed by atoms with van der Waals surface area (Å²) >= 11 is 0. The van der Waals surface area contributed by atoms with Gasteiger partial charge in [-0.3, -0.25) is 9.59 Å². The molecule has 2 amide bonds. The van der Waals surface area contributed by atoms with Crippen molar-refractivity contribution in [2.24, 2.45) is 35.5 Å². The quantitative estimate of drug-likeness (QED) is 0.151. The molecule has 4 unspecified atom stereocenters. The molecule has 0 aromatic heterocycles. The van der Waals surface area contributed by atoms with Crippen LogP contribution in [0.2, 0.25) is 0 Å². The second kappa shape index (κ2) is 35.7. The van der Waals surface area contributed by atoms with E-state index in [4.69, 9.17) is 9.47 Å². The van der Waals surface area contributed by atoms with E-state index < -0.39 is 0 Å². The highest BCUT2D eigenvalue weighted by atomic mass is 16.5. The van der Waals surface area contributed by atoms with E-state index in [0.29, 0.717) is 55.9 Å². The molecular formula is C67H124N6O4. The second-order valence-corrected chi connectivity index (χ2v) is 26.9. The summed E-state index contributed by atoms with van der Waals surface area (Å²) in [6.07, 6.45) is 27.9. The minimum Gasteiger partial charge on any atom is -0.378 e. The highest BCUT2D eigenvalue weighted by molar-refractivity contribution is 5.77. The number of ether oxygens (including phenoxy) is 2. The molecule has 0 saturated carbocycles. The fourth-order valence-corrected chi connectivity index (χ4v) is 13.4. The molecule has 6 bridgehead atoms. The first-order chi connectivity index (χ1) is 36.1. The summed E-state index contributed by atoms with van der Waals surface area (Å²) in [5, 5.41) is 0. The third kappa shape index (κ3) is 23.9. The molecule has 10 nitrogen and oxygen atoms in total. The number of morpholine rings is 2. The average molecular weight is 1080 g/mol. The second-order valence-electron chi connectivity index (χ2n) is 26.9. The predicted molar refractivity (Wildman–Crippen MR) is 329 cm³/mol. The summed E-state index contributed by atoms with van der Waals surface area (Å²) < 4.78 is 10.6. The van der Waals surface area contributed by atoms with Gasteiger partial charge >= 0.3 is 0 Å². The van der Waals surface area contributed by atoms with Crippen molar-refractivity contribution >= 4 is 11.8 Å². The van der Waals surface area contributed by atoms with Crippen LogP contribution in [0.5, 0.6) is 0 Å². The first-order valence-corrected chi connectivity index (χ1v) is 31.7. The summed E-state index contributed by atoms with van der Waals surface area (Å²) in [7, 11) is 0. The maximum atomic E-state index is 11.9. The number of carbonyl (C=O) groups is 2. The average Bonchev–Trinajstić information content (AvgIpc) is 4.22. The number of hydrogen-bond acceptors (Lipinski definition) is 8. The summed E-state index contributed by atoms with van der Waals surface area (Å²) in [5.41, 5.74) is 5.51. The van der Waals surface area contributed by atoms with Crippen LogP contribution in [0.25, 0.3) is 0 Å². The van der Waals surface area contributed by atoms with E-state index in [-0.39, 0.29) is 13.3 Å². The molecule has 9 rings (SSSR count). The smallest absolute Gasteiger partial charge is 0.223 e. The highest BCUT2D eigenvalue weighted by Crippen LogP contribution is 2.41. The molecule has 0 aromatic carbocycles. The zero-order valence-electron chi connectivity index (χ0n) is 51.7. The Morgan fingerprint density at radius 1 is 0.351 bits per heavy atom. The van der Waals surface area contributed by atoms with E-state index in [1.54, 1.807) is 0 Å². The summed E-state index contributed by atoms with van der Waals surface area (Å²) in [4.78, 5) is 37.6. The van der Waals surface area contributed by atoms with E-state index in [1.165, 1.54) is 165 Å². The van der Waals surface area contributed by atoms with Crippen molar-refractivity contribution in [1.29, 1.82) is 0 Å². The van der Waals surface area contributed by atoms with Crippen LogP contribution >= 0.6 is 0 Å². The van der Waals surface area contributed by atoms with Gasteiger partial charge in [0.25, 0.3) is 0 Å². The van der Waals surface area contributed by atoms with Gasteiger partial charge in [0, 0.05) is 99.1 Å². The number of nitrogens with zero attached hydrogens (tertiary/aromatic N) is 6. The topological polar surface area (TPSA) is 72.0 Å². The molecule has 446 valence electrons. The zero-order chi connectivity index (χ0) is 55.9. The van der Waals surface area contributed by atoms with Gasteiger partial charge in [-0.05, 0) is 164 Å². The Morgan fingerprint density at radius 3 is 1.03 bits per heavy atom. The molecule has 9 aliphatic rings. The molecule has 0 spiro atoms. The van der Waals surface area contributed by atoms with E-state index in [9.17, 15) is 9.59 Å². The van der Waals surface area contributed by atoms with Crippen LogP contribution in [-0.4, -0.2) is 143 Å². The highest BCUT2D eigenvalue weighted by Gasteiger charge is 2.41. The van der Waals surface area contributed by atoms with Gasteiger partial charge in [0.15, 0.2) is 0 Å². The number of carbonyl (C=O) groups excluding carboxylic acids is 2. The van der Waals surface area contributed by atoms with Crippen LogP contribution in [0.4, 0.5) is 0 Å². The maximum Gasteiger partial charge on any atom is 0.223 e. The van der Waals surface area contributed by atoms with Crippen molar-refractivity contribution in [2.45, 2.75) is 268 Å². The normalized spacial score (nSPS) is 25.0. The molecular weight excluding hydrogens is 953 g/mol. The van der Waals surface area contributed by atoms with Crippen LogP contribution in [0.3, 0.4) is 0 Å². The Bertz CT molecular complexity index is 1590. The molecule has 9 fully saturated rings. The molecule has 77 heavy (non-hydrogen) atoms. The molecule has 0 aliphatic carbocycles. The fourth-order valence-electron chi connectivity index (χ4n) is 13.4. The molecule has 9 heterocycles. The number of likely N-dealkylation sites (tertiary alicyclic amines) is 2. The van der Waals surface area contributed by atoms with Crippen molar-refractivity contribution in [2.75, 3.05) is 65.7 Å². The molecule has 0 N–H and O–H groups in total. The molecule has 9 aliphatic heterocycles. The standard InChI is InChI=1S/C13H23N.C12H21N.C11H19NO2.C11H21N.C10H19N.C9H17NO2.CH4/c1-10(2)9-11(3)14-12-5-4-6-13(14)8-7-12;1-9(2)8-10(3)13-11-4-5-12(13)7-6-11;1-8(2)5-11(13)12-9-3-4-10(12)7-14-6-9;1-10(2)9-11(3)12-7-5-4-6-8-12;1-9(2)8-10(3)11-6-4-5-7-11;1-8(2)7-9(11)10-3-5-12-6-4-10;/h10,12-13H,3-9H2,1-2H3;9,11-12H,3-8H2,1-2H3;8-10H,3-7H2,1-2H3;10H,3-9H2,1-2H3;9H,3-8H2,1-2H3;8H,3-7H2,1-2H3;1H4. The number of hydrogen-bond donors (Lipinski definition) is 0. The zero-order valence-corrected chi connectivity index (χ0v) is 51.7. The summed E-state index contributed by atoms with van der Waals surface area (Å²) in [5.74, 6) is 4.54. The molecule has 4 atom stereocenters. The Balaban J connectivity index is 0.000000243. The lowest BCUT2D eigenvalue weighted by Crippen LogP contribution is -2.49. The minimum absolute atomic E-state index is 0. The SMILES string of the molecule is C.C=C(CC(C)C)N1C2CCC1CC2.C=C(CC(C)C)N1C2CCCC1CC2.C=C(CC(C)C)N1CCCC1.C=C(CC(C)C)N1CCCCC1.CC(C)CC(=O)N1C2CCC1COC2.CC(C)CC(=O)N1CCOCC1. The van der Waals surface area contributed by atoms with Crippen LogP contribution < -0.4 is 0 Å². The van der Waals surface area contributed by atoms with Gasteiger partial charge in [-0.15, -0.1) is 0 Å². The van der Waals surface area contributed by atoms with Crippen LogP contribution in [0.15, 0.2) is 49.1 Å². The van der Waals surface area contributed by atoms with Crippen LogP contribution in [0.1, 0.15) is 232 Å². The lowest BCUT2D eigenvalue weighted by Gasteiger charge is -2.38. The number of amides is 2. The van der Waals surface area contributed by atoms with Crippen molar-refractivity contribution in [3.8, 4) is 0 Å². The third-order valence-corrected chi connectivity index (χ3v) is 16.9. The van der Waals surface area contributed by atoms with Gasteiger partial charge in [0.1, 0.15) is 0 Å². The monoisotopic (exact) mass is 1080 g/mol. The number of rotatable bonds is 16. The van der Waals surface area contributed by atoms with E-state index in [2.05, 4.69) is 134 Å². The van der Waals surface area contributed by atoms with Crippen LogP contribution in [-0.2, 0) is 19.1 Å².